The summed E-state index contributed by atoms with van der Waals surface area (Å²) in [6, 6.07) is 8.31. The zero-order valence-corrected chi connectivity index (χ0v) is 18.9. The molecule has 1 aromatic heterocycles. The first-order chi connectivity index (χ1) is 15.2. The van der Waals surface area contributed by atoms with Crippen LogP contribution >= 0.6 is 0 Å². The molecule has 32 heavy (non-hydrogen) atoms. The molecular weight excluding hydrogens is 432 g/mol. The number of ether oxygens (including phenoxy) is 1. The molecule has 0 bridgehead atoms. The van der Waals surface area contributed by atoms with Crippen LogP contribution in [0.15, 0.2) is 47.6 Å². The molecule has 0 radical (unpaired) electrons. The number of amides is 2. The van der Waals surface area contributed by atoms with Gasteiger partial charge in [0.2, 0.25) is 21.8 Å². The Hall–Kier alpha value is -2.82. The van der Waals surface area contributed by atoms with Crippen molar-refractivity contribution in [1.82, 2.24) is 14.6 Å². The van der Waals surface area contributed by atoms with E-state index in [1.165, 1.54) is 15.3 Å². The molecule has 1 fully saturated rings. The molecule has 2 aliphatic rings. The van der Waals surface area contributed by atoms with Crippen molar-refractivity contribution < 1.29 is 22.7 Å². The molecule has 9 nitrogen and oxygen atoms in total. The Morgan fingerprint density at radius 1 is 1.22 bits per heavy atom. The zero-order chi connectivity index (χ0) is 22.9. The van der Waals surface area contributed by atoms with Crippen LogP contribution in [0, 0.1) is 0 Å². The van der Waals surface area contributed by atoms with Crippen molar-refractivity contribution in [1.29, 1.82) is 0 Å². The van der Waals surface area contributed by atoms with Crippen LogP contribution in [-0.2, 0) is 36.3 Å². The van der Waals surface area contributed by atoms with Gasteiger partial charge in [-0.25, -0.2) is 8.42 Å². The van der Waals surface area contributed by atoms with Crippen LogP contribution in [0.3, 0.4) is 0 Å². The first kappa shape index (κ1) is 22.4. The van der Waals surface area contributed by atoms with Gasteiger partial charge in [0.05, 0.1) is 23.5 Å². The van der Waals surface area contributed by atoms with Crippen molar-refractivity contribution in [3.05, 3.63) is 53.9 Å². The van der Waals surface area contributed by atoms with Gasteiger partial charge in [-0.2, -0.15) is 4.31 Å². The molecule has 0 unspecified atom stereocenters. The first-order valence-electron chi connectivity index (χ1n) is 10.4. The van der Waals surface area contributed by atoms with Gasteiger partial charge in [0, 0.05) is 37.7 Å². The monoisotopic (exact) mass is 458 g/mol. The van der Waals surface area contributed by atoms with Gasteiger partial charge in [0.25, 0.3) is 0 Å². The number of hydrogen-bond donors (Lipinski definition) is 1. The third-order valence-electron chi connectivity index (χ3n) is 5.83. The van der Waals surface area contributed by atoms with Crippen molar-refractivity contribution in [3.8, 4) is 0 Å². The van der Waals surface area contributed by atoms with Crippen LogP contribution in [0.5, 0.6) is 0 Å². The number of sulfonamides is 1. The number of aromatic nitrogens is 1. The van der Waals surface area contributed by atoms with Crippen LogP contribution in [-0.4, -0.2) is 62.4 Å². The summed E-state index contributed by atoms with van der Waals surface area (Å²) in [5, 5.41) is 2.80. The molecular formula is C22H26N4O5S. The van der Waals surface area contributed by atoms with E-state index in [0.717, 1.165) is 5.56 Å². The second-order valence-electron chi connectivity index (χ2n) is 8.35. The number of carbonyl (C=O) groups excluding carboxylic acids is 2. The highest BCUT2D eigenvalue weighted by Gasteiger charge is 2.45. The minimum Gasteiger partial charge on any atom is -0.379 e. The predicted octanol–water partition coefficient (Wildman–Crippen LogP) is 1.04. The molecule has 170 valence electrons. The standard InChI is InChI=1S/C22H26N4O5S/c1-22(2)18-12-17(32(29,30)25-8-10-31-11-9-25)5-6-19(18)26(21(22)28)15-20(27)24-14-16-4-3-7-23-13-16/h3-7,12-13H,8-11,14-15H2,1-2H3,(H,24,27). The lowest BCUT2D eigenvalue weighted by molar-refractivity contribution is -0.125. The van der Waals surface area contributed by atoms with Crippen LogP contribution in [0.1, 0.15) is 25.0 Å². The number of anilines is 1. The van der Waals surface area contributed by atoms with Crippen molar-refractivity contribution in [2.75, 3.05) is 37.7 Å². The summed E-state index contributed by atoms with van der Waals surface area (Å²) in [5.41, 5.74) is 1.05. The fourth-order valence-corrected chi connectivity index (χ4v) is 5.40. The molecule has 2 aliphatic heterocycles. The van der Waals surface area contributed by atoms with E-state index in [-0.39, 0.29) is 23.3 Å². The van der Waals surface area contributed by atoms with Crippen molar-refractivity contribution >= 4 is 27.5 Å². The molecule has 0 aliphatic carbocycles. The normalized spacial score (nSPS) is 18.4. The maximum Gasteiger partial charge on any atom is 0.243 e. The predicted molar refractivity (Wildman–Crippen MR) is 117 cm³/mol. The third kappa shape index (κ3) is 4.13. The Morgan fingerprint density at radius 3 is 2.66 bits per heavy atom. The molecule has 0 spiro atoms. The maximum absolute atomic E-state index is 13.1. The Labute approximate surface area is 187 Å². The quantitative estimate of drug-likeness (QED) is 0.693. The number of rotatable bonds is 6. The van der Waals surface area contributed by atoms with E-state index >= 15 is 0 Å². The Balaban J connectivity index is 1.55. The summed E-state index contributed by atoms with van der Waals surface area (Å²) < 4.78 is 32.8. The number of morpholine rings is 1. The molecule has 2 aromatic rings. The van der Waals surface area contributed by atoms with Gasteiger partial charge in [-0.1, -0.05) is 6.07 Å². The zero-order valence-electron chi connectivity index (χ0n) is 18.1. The Kier molecular flexibility index (Phi) is 6.02. The summed E-state index contributed by atoms with van der Waals surface area (Å²) in [6.45, 7) is 4.95. The van der Waals surface area contributed by atoms with Gasteiger partial charge in [-0.05, 0) is 49.2 Å². The smallest absolute Gasteiger partial charge is 0.243 e. The number of carbonyl (C=O) groups is 2. The van der Waals surface area contributed by atoms with E-state index < -0.39 is 15.4 Å². The Morgan fingerprint density at radius 2 is 1.97 bits per heavy atom. The number of nitrogens with zero attached hydrogens (tertiary/aromatic N) is 3. The summed E-state index contributed by atoms with van der Waals surface area (Å²) in [4.78, 5) is 31.2. The van der Waals surface area contributed by atoms with Crippen LogP contribution in [0.4, 0.5) is 5.69 Å². The maximum atomic E-state index is 13.1. The minimum atomic E-state index is -3.69. The number of nitrogens with one attached hydrogen (secondary N) is 1. The highest BCUT2D eigenvalue weighted by molar-refractivity contribution is 7.89. The summed E-state index contributed by atoms with van der Waals surface area (Å²) in [5.74, 6) is -0.555. The van der Waals surface area contributed by atoms with Crippen LogP contribution < -0.4 is 10.2 Å². The molecule has 10 heteroatoms. The molecule has 0 atom stereocenters. The lowest BCUT2D eigenvalue weighted by Gasteiger charge is -2.26. The first-order valence-corrected chi connectivity index (χ1v) is 11.9. The van der Waals surface area contributed by atoms with E-state index in [4.69, 9.17) is 4.74 Å². The van der Waals surface area contributed by atoms with Crippen LogP contribution in [0.2, 0.25) is 0 Å². The highest BCUT2D eigenvalue weighted by atomic mass is 32.2. The summed E-state index contributed by atoms with van der Waals surface area (Å²) in [7, 11) is -3.69. The van der Waals surface area contributed by atoms with Crippen LogP contribution in [0.25, 0.3) is 0 Å². The Bertz CT molecular complexity index is 1130. The van der Waals surface area contributed by atoms with Gasteiger partial charge in [0.15, 0.2) is 0 Å². The van der Waals surface area contributed by atoms with Crippen molar-refractivity contribution in [3.63, 3.8) is 0 Å². The lowest BCUT2D eigenvalue weighted by Crippen LogP contribution is -2.42. The van der Waals surface area contributed by atoms with E-state index in [0.29, 0.717) is 44.1 Å². The second-order valence-corrected chi connectivity index (χ2v) is 10.3. The second kappa shape index (κ2) is 8.61. The molecule has 4 rings (SSSR count). The number of pyridine rings is 1. The van der Waals surface area contributed by atoms with E-state index in [1.54, 1.807) is 44.4 Å². The molecule has 1 N–H and O–H groups in total. The average molecular weight is 459 g/mol. The molecule has 1 saturated heterocycles. The van der Waals surface area contributed by atoms with Crippen molar-refractivity contribution in [2.45, 2.75) is 30.7 Å². The lowest BCUT2D eigenvalue weighted by atomic mass is 9.86. The fraction of sp³-hybridized carbons (Fsp3) is 0.409. The van der Waals surface area contributed by atoms with E-state index in [9.17, 15) is 18.0 Å². The molecule has 1 aromatic carbocycles. The van der Waals surface area contributed by atoms with Gasteiger partial charge < -0.3 is 15.0 Å². The van der Waals surface area contributed by atoms with Crippen molar-refractivity contribution in [2.24, 2.45) is 0 Å². The number of benzene rings is 1. The number of fused-ring (bicyclic) bond motifs is 1. The third-order valence-corrected chi connectivity index (χ3v) is 7.73. The van der Waals surface area contributed by atoms with Gasteiger partial charge in [0.1, 0.15) is 6.54 Å². The molecule has 3 heterocycles. The molecule has 2 amide bonds. The van der Waals surface area contributed by atoms with Gasteiger partial charge in [-0.3, -0.25) is 14.6 Å². The minimum absolute atomic E-state index is 0.141. The van der Waals surface area contributed by atoms with E-state index in [2.05, 4.69) is 10.3 Å². The largest absolute Gasteiger partial charge is 0.379 e. The fourth-order valence-electron chi connectivity index (χ4n) is 3.97. The summed E-state index contributed by atoms with van der Waals surface area (Å²) >= 11 is 0. The SMILES string of the molecule is CC1(C)C(=O)N(CC(=O)NCc2cccnc2)c2ccc(S(=O)(=O)N3CCOCC3)cc21. The van der Waals surface area contributed by atoms with E-state index in [1.807, 2.05) is 6.07 Å². The number of hydrogen-bond acceptors (Lipinski definition) is 6. The van der Waals surface area contributed by atoms with Gasteiger partial charge in [-0.15, -0.1) is 0 Å². The summed E-state index contributed by atoms with van der Waals surface area (Å²) in [6.07, 6.45) is 3.32. The highest BCUT2D eigenvalue weighted by Crippen LogP contribution is 2.42. The topological polar surface area (TPSA) is 109 Å². The average Bonchev–Trinajstić information content (AvgIpc) is 2.99. The molecule has 0 saturated carbocycles. The van der Waals surface area contributed by atoms with Gasteiger partial charge >= 0.3 is 0 Å².